The Morgan fingerprint density at radius 2 is 1.67 bits per heavy atom. The standard InChI is InChI=1S/C5H8O3.Ag/c1-3(2)4(6)5(7)8;/h3H,1-2H3,(H,7,8);/q;+1/p-1. The Balaban J connectivity index is 0. The Kier molecular flexibility index (Phi) is 6.12. The fourth-order valence-corrected chi connectivity index (χ4v) is 0.236. The van der Waals surface area contributed by atoms with Crippen LogP contribution in [0.5, 0.6) is 0 Å². The van der Waals surface area contributed by atoms with Crippen LogP contribution in [0.2, 0.25) is 0 Å². The molecule has 0 spiro atoms. The van der Waals surface area contributed by atoms with Gasteiger partial charge >= 0.3 is 22.4 Å². The summed E-state index contributed by atoms with van der Waals surface area (Å²) in [6.07, 6.45) is 0. The van der Waals surface area contributed by atoms with Gasteiger partial charge in [0, 0.05) is 5.92 Å². The summed E-state index contributed by atoms with van der Waals surface area (Å²) in [5, 5.41) is 9.68. The summed E-state index contributed by atoms with van der Waals surface area (Å²) < 4.78 is 0. The van der Waals surface area contributed by atoms with E-state index in [0.717, 1.165) is 0 Å². The van der Waals surface area contributed by atoms with Crippen LogP contribution in [0.4, 0.5) is 0 Å². The van der Waals surface area contributed by atoms with Gasteiger partial charge in [-0.3, -0.25) is 4.79 Å². The number of Topliss-reactive ketones (excluding diaryl/α,β-unsaturated/α-hetero) is 1. The molecule has 0 radical (unpaired) electrons. The average Bonchev–Trinajstić information content (AvgIpc) is 1.64. The number of carboxylic acids is 1. The summed E-state index contributed by atoms with van der Waals surface area (Å²) in [5.41, 5.74) is 0. The molecule has 0 atom stereocenters. The van der Waals surface area contributed by atoms with Gasteiger partial charge in [-0.25, -0.2) is 0 Å². The van der Waals surface area contributed by atoms with Crippen LogP contribution in [0.3, 0.4) is 0 Å². The molecule has 0 bridgehead atoms. The second kappa shape index (κ2) is 4.73. The maximum Gasteiger partial charge on any atom is 1.00 e. The van der Waals surface area contributed by atoms with Gasteiger partial charge in [-0.15, -0.1) is 0 Å². The molecule has 0 aromatic carbocycles. The maximum absolute atomic E-state index is 10.2. The molecule has 0 amide bonds. The number of hydrogen-bond donors (Lipinski definition) is 0. The first-order chi connectivity index (χ1) is 3.55. The van der Waals surface area contributed by atoms with Gasteiger partial charge < -0.3 is 9.90 Å². The third-order valence-corrected chi connectivity index (χ3v) is 0.726. The van der Waals surface area contributed by atoms with Crippen molar-refractivity contribution >= 4 is 11.8 Å². The molecule has 0 aliphatic heterocycles. The van der Waals surface area contributed by atoms with Crippen molar-refractivity contribution in [2.45, 2.75) is 13.8 Å². The molecule has 9 heavy (non-hydrogen) atoms. The van der Waals surface area contributed by atoms with Crippen molar-refractivity contribution in [3.63, 3.8) is 0 Å². The fraction of sp³-hybridized carbons (Fsp3) is 0.600. The van der Waals surface area contributed by atoms with Gasteiger partial charge in [0.15, 0.2) is 5.78 Å². The normalized spacial score (nSPS) is 8.33. The fourth-order valence-electron chi connectivity index (χ4n) is 0.236. The van der Waals surface area contributed by atoms with Crippen molar-refractivity contribution < 1.29 is 37.1 Å². The van der Waals surface area contributed by atoms with E-state index >= 15 is 0 Å². The smallest absolute Gasteiger partial charge is 0.542 e. The van der Waals surface area contributed by atoms with Crippen molar-refractivity contribution in [1.82, 2.24) is 0 Å². The molecule has 56 valence electrons. The number of ketones is 1. The summed E-state index contributed by atoms with van der Waals surface area (Å²) in [7, 11) is 0. The van der Waals surface area contributed by atoms with Gasteiger partial charge in [0.05, 0.1) is 0 Å². The minimum Gasteiger partial charge on any atom is -0.542 e. The molecule has 0 saturated heterocycles. The van der Waals surface area contributed by atoms with Gasteiger partial charge in [-0.05, 0) is 0 Å². The van der Waals surface area contributed by atoms with E-state index < -0.39 is 17.7 Å². The van der Waals surface area contributed by atoms with Crippen LogP contribution in [0.1, 0.15) is 13.8 Å². The van der Waals surface area contributed by atoms with Crippen molar-refractivity contribution in [3.8, 4) is 0 Å². The number of hydrogen-bond acceptors (Lipinski definition) is 3. The summed E-state index contributed by atoms with van der Waals surface area (Å²) in [6.45, 7) is 3.02. The second-order valence-corrected chi connectivity index (χ2v) is 1.81. The summed E-state index contributed by atoms with van der Waals surface area (Å²) in [6, 6.07) is 0. The van der Waals surface area contributed by atoms with E-state index in [1.807, 2.05) is 0 Å². The number of carbonyl (C=O) groups is 2. The van der Waals surface area contributed by atoms with Crippen molar-refractivity contribution in [2.24, 2.45) is 5.92 Å². The molecule has 0 fully saturated rings. The van der Waals surface area contributed by atoms with E-state index in [1.54, 1.807) is 0 Å². The van der Waals surface area contributed by atoms with Crippen LogP contribution in [-0.2, 0) is 32.0 Å². The minimum atomic E-state index is -1.60. The molecule has 0 heterocycles. The van der Waals surface area contributed by atoms with E-state index in [-0.39, 0.29) is 22.4 Å². The molecule has 4 heteroatoms. The van der Waals surface area contributed by atoms with Crippen molar-refractivity contribution in [3.05, 3.63) is 0 Å². The van der Waals surface area contributed by atoms with E-state index in [4.69, 9.17) is 0 Å². The monoisotopic (exact) mass is 222 g/mol. The molecule has 0 aromatic rings. The third kappa shape index (κ3) is 4.39. The zero-order valence-corrected chi connectivity index (χ0v) is 6.59. The second-order valence-electron chi connectivity index (χ2n) is 1.81. The number of carbonyl (C=O) groups excluding carboxylic acids is 2. The topological polar surface area (TPSA) is 57.2 Å². The Labute approximate surface area is 68.9 Å². The molecule has 0 aliphatic carbocycles. The SMILES string of the molecule is CC(C)C(=O)C(=O)[O-].[Ag+]. The predicted molar refractivity (Wildman–Crippen MR) is 24.9 cm³/mol. The maximum atomic E-state index is 10.2. The number of rotatable bonds is 2. The zero-order chi connectivity index (χ0) is 6.73. The van der Waals surface area contributed by atoms with Gasteiger partial charge in [0.2, 0.25) is 0 Å². The van der Waals surface area contributed by atoms with E-state index in [9.17, 15) is 14.7 Å². The van der Waals surface area contributed by atoms with Gasteiger partial charge in [-0.1, -0.05) is 13.8 Å². The first kappa shape index (κ1) is 11.6. The Bertz CT molecular complexity index is 119. The van der Waals surface area contributed by atoms with E-state index in [2.05, 4.69) is 0 Å². The van der Waals surface area contributed by atoms with Crippen LogP contribution in [-0.4, -0.2) is 11.8 Å². The molecule has 0 rings (SSSR count). The third-order valence-electron chi connectivity index (χ3n) is 0.726. The summed E-state index contributed by atoms with van der Waals surface area (Å²) >= 11 is 0. The zero-order valence-electron chi connectivity index (χ0n) is 5.10. The van der Waals surface area contributed by atoms with Crippen LogP contribution in [0.25, 0.3) is 0 Å². The molecule has 3 nitrogen and oxygen atoms in total. The van der Waals surface area contributed by atoms with Gasteiger partial charge in [0.25, 0.3) is 0 Å². The molecular formula is C5H7AgO3. The van der Waals surface area contributed by atoms with Crippen LogP contribution in [0.15, 0.2) is 0 Å². The number of carboxylic acid groups (broad SMARTS) is 1. The summed E-state index contributed by atoms with van der Waals surface area (Å²) in [5.74, 6) is -2.90. The van der Waals surface area contributed by atoms with Crippen LogP contribution in [0, 0.1) is 5.92 Å². The molecule has 0 unspecified atom stereocenters. The first-order valence-electron chi connectivity index (χ1n) is 2.31. The van der Waals surface area contributed by atoms with E-state index in [1.165, 1.54) is 13.8 Å². The van der Waals surface area contributed by atoms with Crippen LogP contribution >= 0.6 is 0 Å². The molecule has 0 aromatic heterocycles. The van der Waals surface area contributed by atoms with Crippen molar-refractivity contribution in [1.29, 1.82) is 0 Å². The Hall–Kier alpha value is -0.120. The average molecular weight is 223 g/mol. The molecule has 0 N–H and O–H groups in total. The van der Waals surface area contributed by atoms with Crippen LogP contribution < -0.4 is 5.11 Å². The van der Waals surface area contributed by atoms with Crippen molar-refractivity contribution in [2.75, 3.05) is 0 Å². The summed E-state index contributed by atoms with van der Waals surface area (Å²) in [4.78, 5) is 19.9. The van der Waals surface area contributed by atoms with Gasteiger partial charge in [0.1, 0.15) is 5.97 Å². The molecule has 0 aliphatic rings. The predicted octanol–water partition coefficient (Wildman–Crippen LogP) is -1.04. The Morgan fingerprint density at radius 3 is 1.67 bits per heavy atom. The van der Waals surface area contributed by atoms with E-state index in [0.29, 0.717) is 0 Å². The quantitative estimate of drug-likeness (QED) is 0.443. The Morgan fingerprint density at radius 1 is 1.33 bits per heavy atom. The van der Waals surface area contributed by atoms with Gasteiger partial charge in [-0.2, -0.15) is 0 Å². The largest absolute Gasteiger partial charge is 1.00 e. The first-order valence-corrected chi connectivity index (χ1v) is 2.31. The molecule has 0 saturated carbocycles. The number of aliphatic carboxylic acids is 1. The molecular weight excluding hydrogens is 216 g/mol. The minimum absolute atomic E-state index is 0.